The summed E-state index contributed by atoms with van der Waals surface area (Å²) in [5.74, 6) is -0.516. The van der Waals surface area contributed by atoms with E-state index in [1.54, 1.807) is 11.9 Å². The van der Waals surface area contributed by atoms with Crippen molar-refractivity contribution in [1.29, 1.82) is 0 Å². The molecule has 1 amide bonds. The number of rotatable bonds is 9. The van der Waals surface area contributed by atoms with Crippen LogP contribution in [-0.4, -0.2) is 72.7 Å². The largest absolute Gasteiger partial charge is 0.480 e. The fourth-order valence-electron chi connectivity index (χ4n) is 2.88. The Morgan fingerprint density at radius 2 is 2.14 bits per heavy atom. The summed E-state index contributed by atoms with van der Waals surface area (Å²) in [6.45, 7) is 6.45. The maximum absolute atomic E-state index is 12.6. The molecule has 2 atom stereocenters. The van der Waals surface area contributed by atoms with E-state index in [0.29, 0.717) is 26.2 Å². The first-order valence-electron chi connectivity index (χ1n) is 8.28. The van der Waals surface area contributed by atoms with E-state index in [4.69, 9.17) is 9.84 Å². The van der Waals surface area contributed by atoms with E-state index >= 15 is 0 Å². The van der Waals surface area contributed by atoms with Gasteiger partial charge in [-0.05, 0) is 19.9 Å². The van der Waals surface area contributed by atoms with Crippen molar-refractivity contribution in [2.75, 3.05) is 39.8 Å². The highest BCUT2D eigenvalue weighted by Crippen LogP contribution is 2.18. The van der Waals surface area contributed by atoms with E-state index in [-0.39, 0.29) is 24.5 Å². The average molecular weight is 314 g/mol. The lowest BCUT2D eigenvalue weighted by Gasteiger charge is -2.36. The number of morpholine rings is 1. The molecule has 6 heteroatoms. The molecular weight excluding hydrogens is 284 g/mol. The predicted molar refractivity (Wildman–Crippen MR) is 84.8 cm³/mol. The normalized spacial score (nSPS) is 20.2. The Morgan fingerprint density at radius 1 is 1.41 bits per heavy atom. The number of carboxylic acids is 1. The molecule has 1 heterocycles. The van der Waals surface area contributed by atoms with Crippen LogP contribution in [0.1, 0.15) is 39.5 Å². The first-order chi connectivity index (χ1) is 10.5. The van der Waals surface area contributed by atoms with Crippen LogP contribution in [0.5, 0.6) is 0 Å². The maximum atomic E-state index is 12.6. The van der Waals surface area contributed by atoms with Crippen molar-refractivity contribution >= 4 is 11.9 Å². The molecule has 0 saturated carbocycles. The summed E-state index contributed by atoms with van der Waals surface area (Å²) in [6, 6.07) is 0. The summed E-state index contributed by atoms with van der Waals surface area (Å²) in [6.07, 6.45) is 3.91. The summed E-state index contributed by atoms with van der Waals surface area (Å²) >= 11 is 0. The number of unbranched alkanes of at least 4 members (excludes halogenated alkanes) is 1. The van der Waals surface area contributed by atoms with Crippen LogP contribution < -0.4 is 0 Å². The summed E-state index contributed by atoms with van der Waals surface area (Å²) in [4.78, 5) is 26.9. The summed E-state index contributed by atoms with van der Waals surface area (Å²) < 4.78 is 5.68. The number of hydrogen-bond acceptors (Lipinski definition) is 4. The Balaban J connectivity index is 2.50. The molecule has 1 saturated heterocycles. The van der Waals surface area contributed by atoms with Gasteiger partial charge in [0.15, 0.2) is 0 Å². The van der Waals surface area contributed by atoms with Crippen LogP contribution in [0.2, 0.25) is 0 Å². The molecule has 1 aliphatic rings. The SMILES string of the molecule is CCCCC(CC)C(=O)N1CCOC(CN(C)CC(=O)O)C1. The number of carboxylic acid groups (broad SMARTS) is 1. The zero-order valence-corrected chi connectivity index (χ0v) is 14.1. The van der Waals surface area contributed by atoms with Crippen LogP contribution >= 0.6 is 0 Å². The number of carbonyl (C=O) groups is 2. The lowest BCUT2D eigenvalue weighted by atomic mass is 9.97. The van der Waals surface area contributed by atoms with Gasteiger partial charge >= 0.3 is 5.97 Å². The van der Waals surface area contributed by atoms with Crippen molar-refractivity contribution in [1.82, 2.24) is 9.80 Å². The van der Waals surface area contributed by atoms with E-state index in [0.717, 1.165) is 25.7 Å². The van der Waals surface area contributed by atoms with Gasteiger partial charge < -0.3 is 14.7 Å². The molecule has 1 rings (SSSR count). The van der Waals surface area contributed by atoms with Crippen molar-refractivity contribution < 1.29 is 19.4 Å². The van der Waals surface area contributed by atoms with E-state index in [2.05, 4.69) is 13.8 Å². The first kappa shape index (κ1) is 18.9. The smallest absolute Gasteiger partial charge is 0.317 e. The fourth-order valence-corrected chi connectivity index (χ4v) is 2.88. The molecule has 0 aromatic rings. The molecule has 0 aromatic heterocycles. The topological polar surface area (TPSA) is 70.1 Å². The second-order valence-electron chi connectivity index (χ2n) is 6.11. The van der Waals surface area contributed by atoms with Gasteiger partial charge in [0.2, 0.25) is 5.91 Å². The van der Waals surface area contributed by atoms with Crippen molar-refractivity contribution in [3.8, 4) is 0 Å². The number of hydrogen-bond donors (Lipinski definition) is 1. The van der Waals surface area contributed by atoms with Crippen LogP contribution in [-0.2, 0) is 14.3 Å². The van der Waals surface area contributed by atoms with Crippen molar-refractivity contribution in [2.45, 2.75) is 45.6 Å². The Hall–Kier alpha value is -1.14. The third kappa shape index (κ3) is 6.32. The number of likely N-dealkylation sites (N-methyl/N-ethyl adjacent to an activating group) is 1. The molecule has 1 fully saturated rings. The van der Waals surface area contributed by atoms with Gasteiger partial charge in [0, 0.05) is 25.6 Å². The Morgan fingerprint density at radius 3 is 2.73 bits per heavy atom. The summed E-state index contributed by atoms with van der Waals surface area (Å²) in [5.41, 5.74) is 0. The summed E-state index contributed by atoms with van der Waals surface area (Å²) in [5, 5.41) is 8.79. The monoisotopic (exact) mass is 314 g/mol. The number of aliphatic carboxylic acids is 1. The number of nitrogens with zero attached hydrogens (tertiary/aromatic N) is 2. The molecule has 0 aliphatic carbocycles. The van der Waals surface area contributed by atoms with Gasteiger partial charge in [-0.3, -0.25) is 14.5 Å². The minimum Gasteiger partial charge on any atom is -0.480 e. The molecule has 1 N–H and O–H groups in total. The Labute approximate surface area is 133 Å². The summed E-state index contributed by atoms with van der Waals surface area (Å²) in [7, 11) is 1.76. The van der Waals surface area contributed by atoms with Crippen LogP contribution in [0.3, 0.4) is 0 Å². The quantitative estimate of drug-likeness (QED) is 0.697. The minimum absolute atomic E-state index is 0.0120. The van der Waals surface area contributed by atoms with Gasteiger partial charge in [-0.1, -0.05) is 26.7 Å². The van der Waals surface area contributed by atoms with Gasteiger partial charge in [0.25, 0.3) is 0 Å². The predicted octanol–water partition coefficient (Wildman–Crippen LogP) is 1.45. The van der Waals surface area contributed by atoms with Crippen LogP contribution in [0.4, 0.5) is 0 Å². The lowest BCUT2D eigenvalue weighted by molar-refractivity contribution is -0.145. The zero-order chi connectivity index (χ0) is 16.5. The molecule has 22 heavy (non-hydrogen) atoms. The maximum Gasteiger partial charge on any atom is 0.317 e. The Bertz CT molecular complexity index is 362. The molecule has 0 spiro atoms. The minimum atomic E-state index is -0.850. The van der Waals surface area contributed by atoms with E-state index in [9.17, 15) is 9.59 Å². The number of carbonyl (C=O) groups excluding carboxylic acids is 1. The fraction of sp³-hybridized carbons (Fsp3) is 0.875. The van der Waals surface area contributed by atoms with Crippen molar-refractivity contribution in [3.63, 3.8) is 0 Å². The highest BCUT2D eigenvalue weighted by atomic mass is 16.5. The molecule has 2 unspecified atom stereocenters. The van der Waals surface area contributed by atoms with E-state index < -0.39 is 5.97 Å². The third-order valence-electron chi connectivity index (χ3n) is 4.12. The van der Waals surface area contributed by atoms with Crippen LogP contribution in [0.15, 0.2) is 0 Å². The highest BCUT2D eigenvalue weighted by Gasteiger charge is 2.28. The molecule has 0 bridgehead atoms. The molecule has 0 aromatic carbocycles. The van der Waals surface area contributed by atoms with Gasteiger partial charge in [0.1, 0.15) is 0 Å². The molecule has 1 aliphatic heterocycles. The number of ether oxygens (including phenoxy) is 1. The Kier molecular flexibility index (Phi) is 8.42. The highest BCUT2D eigenvalue weighted by molar-refractivity contribution is 5.78. The zero-order valence-electron chi connectivity index (χ0n) is 14.1. The standard InChI is InChI=1S/C16H30N2O4/c1-4-6-7-13(5-2)16(21)18-8-9-22-14(11-18)10-17(3)12-15(19)20/h13-14H,4-12H2,1-3H3,(H,19,20). The second-order valence-corrected chi connectivity index (χ2v) is 6.11. The third-order valence-corrected chi connectivity index (χ3v) is 4.12. The van der Waals surface area contributed by atoms with Gasteiger partial charge in [-0.25, -0.2) is 0 Å². The van der Waals surface area contributed by atoms with Crippen molar-refractivity contribution in [3.05, 3.63) is 0 Å². The molecule has 6 nitrogen and oxygen atoms in total. The second kappa shape index (κ2) is 9.79. The van der Waals surface area contributed by atoms with Crippen molar-refractivity contribution in [2.24, 2.45) is 5.92 Å². The number of amides is 1. The van der Waals surface area contributed by atoms with Gasteiger partial charge in [-0.15, -0.1) is 0 Å². The van der Waals surface area contributed by atoms with Gasteiger partial charge in [-0.2, -0.15) is 0 Å². The lowest BCUT2D eigenvalue weighted by Crippen LogP contribution is -2.51. The van der Waals surface area contributed by atoms with Crippen LogP contribution in [0.25, 0.3) is 0 Å². The van der Waals surface area contributed by atoms with E-state index in [1.165, 1.54) is 0 Å². The molecule has 0 radical (unpaired) electrons. The van der Waals surface area contributed by atoms with Gasteiger partial charge in [0.05, 0.1) is 19.3 Å². The average Bonchev–Trinajstić information content (AvgIpc) is 2.47. The molecule has 128 valence electrons. The first-order valence-corrected chi connectivity index (χ1v) is 8.28. The van der Waals surface area contributed by atoms with Crippen LogP contribution in [0, 0.1) is 5.92 Å². The molecular formula is C16H30N2O4. The van der Waals surface area contributed by atoms with E-state index in [1.807, 2.05) is 4.90 Å².